The molecule has 2 aromatic carbocycles. The molecule has 3 rings (SSSR count). The SMILES string of the molecule is CCOCC1COC(c2ccc(-c3cc(F)c(F)c(F)c3)c(F)c2)OC1. The van der Waals surface area contributed by atoms with Crippen LogP contribution in [0.2, 0.25) is 0 Å². The highest BCUT2D eigenvalue weighted by Gasteiger charge is 2.24. The maximum absolute atomic E-state index is 14.4. The first-order chi connectivity index (χ1) is 12.5. The zero-order chi connectivity index (χ0) is 18.7. The summed E-state index contributed by atoms with van der Waals surface area (Å²) in [5, 5.41) is 0. The molecule has 0 radical (unpaired) electrons. The van der Waals surface area contributed by atoms with Crippen molar-refractivity contribution in [2.75, 3.05) is 26.4 Å². The number of hydrogen-bond donors (Lipinski definition) is 0. The summed E-state index contributed by atoms with van der Waals surface area (Å²) in [6, 6.07) is 5.59. The van der Waals surface area contributed by atoms with Gasteiger partial charge in [-0.2, -0.15) is 0 Å². The third kappa shape index (κ3) is 4.06. The van der Waals surface area contributed by atoms with Crippen molar-refractivity contribution in [3.05, 3.63) is 59.2 Å². The van der Waals surface area contributed by atoms with Crippen LogP contribution in [0.1, 0.15) is 18.8 Å². The van der Waals surface area contributed by atoms with Gasteiger partial charge in [-0.05, 0) is 30.7 Å². The molecule has 1 saturated heterocycles. The van der Waals surface area contributed by atoms with Crippen LogP contribution in [0.25, 0.3) is 11.1 Å². The Kier molecular flexibility index (Phi) is 5.90. The van der Waals surface area contributed by atoms with Crippen LogP contribution in [0.15, 0.2) is 30.3 Å². The zero-order valence-corrected chi connectivity index (χ0v) is 14.1. The molecule has 0 unspecified atom stereocenters. The van der Waals surface area contributed by atoms with Crippen LogP contribution < -0.4 is 0 Å². The minimum absolute atomic E-state index is 0.0448. The molecule has 0 atom stereocenters. The van der Waals surface area contributed by atoms with Crippen LogP contribution in [-0.2, 0) is 14.2 Å². The van der Waals surface area contributed by atoms with Crippen molar-refractivity contribution in [3.63, 3.8) is 0 Å². The molecular weight excluding hydrogens is 352 g/mol. The molecule has 26 heavy (non-hydrogen) atoms. The van der Waals surface area contributed by atoms with Crippen molar-refractivity contribution in [3.8, 4) is 11.1 Å². The van der Waals surface area contributed by atoms with E-state index in [1.165, 1.54) is 12.1 Å². The molecule has 0 spiro atoms. The first kappa shape index (κ1) is 18.8. The van der Waals surface area contributed by atoms with E-state index in [4.69, 9.17) is 14.2 Å². The quantitative estimate of drug-likeness (QED) is 0.568. The molecule has 0 aliphatic carbocycles. The second-order valence-electron chi connectivity index (χ2n) is 6.02. The van der Waals surface area contributed by atoms with Gasteiger partial charge in [0.15, 0.2) is 23.7 Å². The lowest BCUT2D eigenvalue weighted by molar-refractivity contribution is -0.211. The standard InChI is InChI=1S/C19H18F4O3/c1-2-24-8-11-9-25-19(26-10-11)12-3-4-14(15(20)5-12)13-6-16(21)18(23)17(22)7-13/h3-7,11,19H,2,8-10H2,1H3. The van der Waals surface area contributed by atoms with E-state index in [0.29, 0.717) is 32.0 Å². The Morgan fingerprint density at radius 1 is 0.962 bits per heavy atom. The average molecular weight is 370 g/mol. The van der Waals surface area contributed by atoms with E-state index >= 15 is 0 Å². The summed E-state index contributed by atoms with van der Waals surface area (Å²) in [4.78, 5) is 0. The molecule has 1 aliphatic rings. The minimum atomic E-state index is -1.59. The molecule has 140 valence electrons. The topological polar surface area (TPSA) is 27.7 Å². The van der Waals surface area contributed by atoms with Crippen molar-refractivity contribution in [1.29, 1.82) is 0 Å². The van der Waals surface area contributed by atoms with Gasteiger partial charge in [0.1, 0.15) is 5.82 Å². The highest BCUT2D eigenvalue weighted by atomic mass is 19.2. The third-order valence-electron chi connectivity index (χ3n) is 4.08. The Hall–Kier alpha value is -1.96. The highest BCUT2D eigenvalue weighted by Crippen LogP contribution is 2.31. The van der Waals surface area contributed by atoms with Gasteiger partial charge in [0.05, 0.1) is 19.8 Å². The lowest BCUT2D eigenvalue weighted by Crippen LogP contribution is -2.30. The maximum Gasteiger partial charge on any atom is 0.194 e. The molecule has 0 N–H and O–H groups in total. The van der Waals surface area contributed by atoms with E-state index in [9.17, 15) is 17.6 Å². The Labute approximate surface area is 148 Å². The van der Waals surface area contributed by atoms with Crippen LogP contribution in [0.3, 0.4) is 0 Å². The predicted molar refractivity (Wildman–Crippen MR) is 86.3 cm³/mol. The van der Waals surface area contributed by atoms with Crippen molar-refractivity contribution in [1.82, 2.24) is 0 Å². The molecule has 0 aromatic heterocycles. The van der Waals surface area contributed by atoms with Crippen molar-refractivity contribution in [2.45, 2.75) is 13.2 Å². The molecule has 0 bridgehead atoms. The number of ether oxygens (including phenoxy) is 3. The zero-order valence-electron chi connectivity index (χ0n) is 14.1. The first-order valence-electron chi connectivity index (χ1n) is 8.25. The van der Waals surface area contributed by atoms with Crippen LogP contribution >= 0.6 is 0 Å². The van der Waals surface area contributed by atoms with Crippen molar-refractivity contribution in [2.24, 2.45) is 5.92 Å². The molecule has 2 aromatic rings. The molecule has 0 amide bonds. The van der Waals surface area contributed by atoms with E-state index in [1.807, 2.05) is 6.92 Å². The monoisotopic (exact) mass is 370 g/mol. The molecular formula is C19H18F4O3. The van der Waals surface area contributed by atoms with Crippen LogP contribution in [0.4, 0.5) is 17.6 Å². The van der Waals surface area contributed by atoms with Gasteiger partial charge in [-0.1, -0.05) is 12.1 Å². The fourth-order valence-electron chi connectivity index (χ4n) is 2.74. The Bertz CT molecular complexity index is 750. The second kappa shape index (κ2) is 8.16. The molecule has 1 heterocycles. The predicted octanol–water partition coefficient (Wildman–Crippen LogP) is 4.61. The molecule has 1 aliphatic heterocycles. The van der Waals surface area contributed by atoms with Gasteiger partial charge in [0, 0.05) is 23.7 Å². The van der Waals surface area contributed by atoms with E-state index in [-0.39, 0.29) is 17.0 Å². The minimum Gasteiger partial charge on any atom is -0.381 e. The number of halogens is 4. The second-order valence-corrected chi connectivity index (χ2v) is 6.02. The van der Waals surface area contributed by atoms with Crippen molar-refractivity contribution < 1.29 is 31.8 Å². The summed E-state index contributed by atoms with van der Waals surface area (Å²) in [6.07, 6.45) is -0.724. The van der Waals surface area contributed by atoms with Gasteiger partial charge < -0.3 is 14.2 Å². The number of benzene rings is 2. The summed E-state index contributed by atoms with van der Waals surface area (Å²) in [6.45, 7) is 3.87. The molecule has 1 fully saturated rings. The fourth-order valence-corrected chi connectivity index (χ4v) is 2.74. The normalized spacial score (nSPS) is 20.3. The van der Waals surface area contributed by atoms with Gasteiger partial charge in [-0.25, -0.2) is 17.6 Å². The van der Waals surface area contributed by atoms with Gasteiger partial charge in [-0.15, -0.1) is 0 Å². The average Bonchev–Trinajstić information content (AvgIpc) is 2.64. The molecule has 0 saturated carbocycles. The van der Waals surface area contributed by atoms with E-state index < -0.39 is 29.6 Å². The smallest absolute Gasteiger partial charge is 0.194 e. The fraction of sp³-hybridized carbons (Fsp3) is 0.368. The lowest BCUT2D eigenvalue weighted by Gasteiger charge is -2.29. The third-order valence-corrected chi connectivity index (χ3v) is 4.08. The first-order valence-corrected chi connectivity index (χ1v) is 8.25. The summed E-state index contributed by atoms with van der Waals surface area (Å²) >= 11 is 0. The van der Waals surface area contributed by atoms with Gasteiger partial charge >= 0.3 is 0 Å². The number of hydrogen-bond acceptors (Lipinski definition) is 3. The maximum atomic E-state index is 14.4. The van der Waals surface area contributed by atoms with Gasteiger partial charge in [-0.3, -0.25) is 0 Å². The van der Waals surface area contributed by atoms with Crippen LogP contribution in [-0.4, -0.2) is 26.4 Å². The molecule has 7 heteroatoms. The molecule has 3 nitrogen and oxygen atoms in total. The van der Waals surface area contributed by atoms with E-state index in [1.54, 1.807) is 6.07 Å². The van der Waals surface area contributed by atoms with E-state index in [0.717, 1.165) is 12.1 Å². The van der Waals surface area contributed by atoms with E-state index in [2.05, 4.69) is 0 Å². The lowest BCUT2D eigenvalue weighted by atomic mass is 10.0. The van der Waals surface area contributed by atoms with Gasteiger partial charge in [0.2, 0.25) is 0 Å². The Balaban J connectivity index is 1.74. The summed E-state index contributed by atoms with van der Waals surface area (Å²) in [5.74, 6) is -4.93. The Morgan fingerprint density at radius 2 is 1.62 bits per heavy atom. The number of rotatable bonds is 5. The largest absolute Gasteiger partial charge is 0.381 e. The summed E-state index contributed by atoms with van der Waals surface area (Å²) in [5.41, 5.74) is 0.313. The van der Waals surface area contributed by atoms with Gasteiger partial charge in [0.25, 0.3) is 0 Å². The summed E-state index contributed by atoms with van der Waals surface area (Å²) < 4.78 is 70.7. The van der Waals surface area contributed by atoms with Crippen LogP contribution in [0.5, 0.6) is 0 Å². The Morgan fingerprint density at radius 3 is 2.19 bits per heavy atom. The van der Waals surface area contributed by atoms with Crippen LogP contribution in [0, 0.1) is 29.2 Å². The van der Waals surface area contributed by atoms with Crippen molar-refractivity contribution >= 4 is 0 Å². The highest BCUT2D eigenvalue weighted by molar-refractivity contribution is 5.64. The summed E-state index contributed by atoms with van der Waals surface area (Å²) in [7, 11) is 0.